The molecule has 21 heavy (non-hydrogen) atoms. The highest BCUT2D eigenvalue weighted by molar-refractivity contribution is 5.92. The van der Waals surface area contributed by atoms with Gasteiger partial charge in [-0.05, 0) is 44.0 Å². The Bertz CT molecular complexity index is 530. The van der Waals surface area contributed by atoms with E-state index < -0.39 is 5.91 Å². The molecule has 0 aromatic heterocycles. The van der Waals surface area contributed by atoms with Gasteiger partial charge < -0.3 is 16.4 Å². The lowest BCUT2D eigenvalue weighted by Gasteiger charge is -2.07. The van der Waals surface area contributed by atoms with Crippen molar-refractivity contribution in [3.8, 4) is 0 Å². The smallest absolute Gasteiger partial charge is 0.248 e. The number of primary amides is 1. The molecule has 1 aromatic carbocycles. The van der Waals surface area contributed by atoms with Gasteiger partial charge in [-0.1, -0.05) is 0 Å². The first kappa shape index (κ1) is 15.4. The maximum atomic E-state index is 13.6. The zero-order valence-electron chi connectivity index (χ0n) is 11.8. The van der Waals surface area contributed by atoms with Crippen LogP contribution in [0.5, 0.6) is 0 Å². The van der Waals surface area contributed by atoms with Crippen molar-refractivity contribution in [3.05, 3.63) is 35.1 Å². The van der Waals surface area contributed by atoms with Crippen LogP contribution in [0.4, 0.5) is 4.39 Å². The molecule has 0 unspecified atom stereocenters. The minimum Gasteiger partial charge on any atom is -0.366 e. The van der Waals surface area contributed by atoms with Gasteiger partial charge in [0.25, 0.3) is 0 Å². The van der Waals surface area contributed by atoms with Crippen LogP contribution >= 0.6 is 0 Å². The van der Waals surface area contributed by atoms with Crippen LogP contribution in [0.15, 0.2) is 18.2 Å². The van der Waals surface area contributed by atoms with Gasteiger partial charge in [-0.3, -0.25) is 9.59 Å². The van der Waals surface area contributed by atoms with E-state index in [0.717, 1.165) is 12.8 Å². The summed E-state index contributed by atoms with van der Waals surface area (Å²) in [5.41, 5.74) is 5.85. The van der Waals surface area contributed by atoms with E-state index in [9.17, 15) is 14.0 Å². The average molecular weight is 293 g/mol. The highest BCUT2D eigenvalue weighted by Crippen LogP contribution is 2.18. The van der Waals surface area contributed by atoms with Crippen LogP contribution < -0.4 is 16.4 Å². The van der Waals surface area contributed by atoms with Gasteiger partial charge in [-0.25, -0.2) is 4.39 Å². The number of rotatable bonds is 8. The summed E-state index contributed by atoms with van der Waals surface area (Å²) in [5.74, 6) is -0.881. The summed E-state index contributed by atoms with van der Waals surface area (Å²) in [5, 5.41) is 5.97. The van der Waals surface area contributed by atoms with Gasteiger partial charge in [0, 0.05) is 30.1 Å². The Balaban J connectivity index is 1.69. The van der Waals surface area contributed by atoms with Crippen molar-refractivity contribution < 1.29 is 14.0 Å². The lowest BCUT2D eigenvalue weighted by atomic mass is 10.1. The molecule has 0 atom stereocenters. The predicted molar refractivity (Wildman–Crippen MR) is 77.0 cm³/mol. The normalized spacial score (nSPS) is 14.0. The number of nitrogens with one attached hydrogen (secondary N) is 2. The van der Waals surface area contributed by atoms with Gasteiger partial charge in [-0.15, -0.1) is 0 Å². The fourth-order valence-electron chi connectivity index (χ4n) is 1.99. The Labute approximate surface area is 123 Å². The summed E-state index contributed by atoms with van der Waals surface area (Å²) in [6.07, 6.45) is 3.32. The fraction of sp³-hybridized carbons (Fsp3) is 0.467. The van der Waals surface area contributed by atoms with Gasteiger partial charge in [0.15, 0.2) is 0 Å². The minimum atomic E-state index is -0.576. The molecule has 2 rings (SSSR count). The molecule has 0 spiro atoms. The Hall–Kier alpha value is -1.95. The van der Waals surface area contributed by atoms with E-state index in [1.165, 1.54) is 18.2 Å². The fourth-order valence-corrected chi connectivity index (χ4v) is 1.99. The lowest BCUT2D eigenvalue weighted by Crippen LogP contribution is -2.26. The molecule has 114 valence electrons. The first-order valence-corrected chi connectivity index (χ1v) is 7.14. The maximum Gasteiger partial charge on any atom is 0.248 e. The van der Waals surface area contributed by atoms with Gasteiger partial charge >= 0.3 is 0 Å². The summed E-state index contributed by atoms with van der Waals surface area (Å²) < 4.78 is 13.6. The van der Waals surface area contributed by atoms with Crippen molar-refractivity contribution in [3.63, 3.8) is 0 Å². The van der Waals surface area contributed by atoms with Crippen molar-refractivity contribution in [2.75, 3.05) is 6.54 Å². The third kappa shape index (κ3) is 5.15. The summed E-state index contributed by atoms with van der Waals surface area (Å²) in [6.45, 7) is 0.912. The van der Waals surface area contributed by atoms with Crippen molar-refractivity contribution in [2.24, 2.45) is 5.73 Å². The number of halogens is 1. The number of nitrogens with two attached hydrogens (primary N) is 1. The third-order valence-corrected chi connectivity index (χ3v) is 3.35. The molecule has 0 bridgehead atoms. The maximum absolute atomic E-state index is 13.6. The van der Waals surface area contributed by atoms with Crippen LogP contribution in [0.1, 0.15) is 41.6 Å². The van der Waals surface area contributed by atoms with Crippen LogP contribution in [0, 0.1) is 5.82 Å². The molecule has 1 aliphatic rings. The average Bonchev–Trinajstić information content (AvgIpc) is 3.24. The first-order valence-electron chi connectivity index (χ1n) is 7.14. The second kappa shape index (κ2) is 7.17. The topological polar surface area (TPSA) is 84.2 Å². The van der Waals surface area contributed by atoms with Crippen molar-refractivity contribution >= 4 is 11.8 Å². The van der Waals surface area contributed by atoms with E-state index in [1.807, 2.05) is 0 Å². The summed E-state index contributed by atoms with van der Waals surface area (Å²) in [7, 11) is 0. The van der Waals surface area contributed by atoms with Crippen LogP contribution in [-0.4, -0.2) is 24.4 Å². The molecule has 0 radical (unpaired) electrons. The largest absolute Gasteiger partial charge is 0.366 e. The Kier molecular flexibility index (Phi) is 5.27. The van der Waals surface area contributed by atoms with Gasteiger partial charge in [0.1, 0.15) is 5.82 Å². The van der Waals surface area contributed by atoms with Crippen molar-refractivity contribution in [1.29, 1.82) is 0 Å². The monoisotopic (exact) mass is 293 g/mol. The second-order valence-electron chi connectivity index (χ2n) is 5.29. The zero-order valence-corrected chi connectivity index (χ0v) is 11.8. The molecule has 0 heterocycles. The highest BCUT2D eigenvalue weighted by Gasteiger charge is 2.22. The number of benzene rings is 1. The summed E-state index contributed by atoms with van der Waals surface area (Å²) >= 11 is 0. The molecule has 4 N–H and O–H groups in total. The van der Waals surface area contributed by atoms with E-state index in [2.05, 4.69) is 10.6 Å². The summed E-state index contributed by atoms with van der Waals surface area (Å²) in [4.78, 5) is 22.5. The molecular weight excluding hydrogens is 273 g/mol. The Morgan fingerprint density at radius 3 is 2.76 bits per heavy atom. The van der Waals surface area contributed by atoms with Crippen LogP contribution in [0.3, 0.4) is 0 Å². The van der Waals surface area contributed by atoms with E-state index >= 15 is 0 Å². The van der Waals surface area contributed by atoms with E-state index in [-0.39, 0.29) is 17.3 Å². The van der Waals surface area contributed by atoms with Gasteiger partial charge in [-0.2, -0.15) is 0 Å². The number of carbonyl (C=O) groups is 2. The van der Waals surface area contributed by atoms with Gasteiger partial charge in [0.05, 0.1) is 0 Å². The quantitative estimate of drug-likeness (QED) is 0.627. The minimum absolute atomic E-state index is 0.0706. The second-order valence-corrected chi connectivity index (χ2v) is 5.29. The number of carbonyl (C=O) groups excluding carboxylic acids is 2. The van der Waals surface area contributed by atoms with Crippen LogP contribution in [0.2, 0.25) is 0 Å². The molecular formula is C15H20FN3O2. The van der Waals surface area contributed by atoms with Crippen molar-refractivity contribution in [2.45, 2.75) is 38.3 Å². The first-order chi connectivity index (χ1) is 10.1. The Morgan fingerprint density at radius 1 is 1.33 bits per heavy atom. The molecule has 0 saturated heterocycles. The molecule has 6 heteroatoms. The third-order valence-electron chi connectivity index (χ3n) is 3.35. The zero-order chi connectivity index (χ0) is 15.2. The lowest BCUT2D eigenvalue weighted by molar-refractivity contribution is -0.121. The molecule has 5 nitrogen and oxygen atoms in total. The SMILES string of the molecule is NC(=O)c1ccc(F)c(CNCCCC(=O)NC2CC2)c1. The molecule has 1 aliphatic carbocycles. The predicted octanol–water partition coefficient (Wildman–Crippen LogP) is 1.07. The van der Waals surface area contributed by atoms with E-state index in [4.69, 9.17) is 5.73 Å². The summed E-state index contributed by atoms with van der Waals surface area (Å²) in [6, 6.07) is 4.43. The molecule has 2 amide bonds. The van der Waals surface area contributed by atoms with Crippen LogP contribution in [-0.2, 0) is 11.3 Å². The number of hydrogen-bond donors (Lipinski definition) is 3. The van der Waals surface area contributed by atoms with E-state index in [0.29, 0.717) is 37.5 Å². The molecule has 0 aliphatic heterocycles. The molecule has 1 aromatic rings. The number of amides is 2. The Morgan fingerprint density at radius 2 is 2.10 bits per heavy atom. The van der Waals surface area contributed by atoms with E-state index in [1.54, 1.807) is 0 Å². The number of hydrogen-bond acceptors (Lipinski definition) is 3. The van der Waals surface area contributed by atoms with Crippen LogP contribution in [0.25, 0.3) is 0 Å². The standard InChI is InChI=1S/C15H20FN3O2/c16-13-6-3-10(15(17)21)8-11(13)9-18-7-1-2-14(20)19-12-4-5-12/h3,6,8,12,18H,1-2,4-5,7,9H2,(H2,17,21)(H,19,20). The van der Waals surface area contributed by atoms with Crippen molar-refractivity contribution in [1.82, 2.24) is 10.6 Å². The highest BCUT2D eigenvalue weighted by atomic mass is 19.1. The molecule has 1 saturated carbocycles. The van der Waals surface area contributed by atoms with Gasteiger partial charge in [0.2, 0.25) is 11.8 Å². The molecule has 1 fully saturated rings.